The van der Waals surface area contributed by atoms with Gasteiger partial charge in [-0.25, -0.2) is 14.3 Å². The number of aromatic carboxylic acids is 1. The number of nitrogens with zero attached hydrogens (tertiary/aromatic N) is 3. The maximum absolute atomic E-state index is 10.8. The summed E-state index contributed by atoms with van der Waals surface area (Å²) in [7, 11) is 0. The third kappa shape index (κ3) is 2.20. The lowest BCUT2D eigenvalue weighted by molar-refractivity contribution is 0.0690. The van der Waals surface area contributed by atoms with E-state index in [1.807, 2.05) is 6.92 Å². The van der Waals surface area contributed by atoms with Crippen molar-refractivity contribution >= 4 is 11.5 Å². The lowest BCUT2D eigenvalue weighted by Gasteiger charge is -2.05. The van der Waals surface area contributed by atoms with Gasteiger partial charge in [0.05, 0.1) is 18.5 Å². The molecule has 0 aromatic carbocycles. The topological polar surface area (TPSA) is 76.7 Å². The molecule has 2 rings (SSSR count). The molecule has 0 saturated heterocycles. The second-order valence-corrected chi connectivity index (χ2v) is 3.70. The van der Waals surface area contributed by atoms with Crippen LogP contribution in [0.4, 0.5) is 0 Å². The zero-order valence-corrected chi connectivity index (χ0v) is 9.67. The summed E-state index contributed by atoms with van der Waals surface area (Å²) in [6.45, 7) is 4.34. The van der Waals surface area contributed by atoms with E-state index in [2.05, 4.69) is 10.1 Å². The first-order valence-electron chi connectivity index (χ1n) is 5.35. The number of fused-ring (bicyclic) bond motifs is 1. The van der Waals surface area contributed by atoms with Gasteiger partial charge in [-0.15, -0.1) is 0 Å². The molecule has 2 aromatic heterocycles. The van der Waals surface area contributed by atoms with Gasteiger partial charge >= 0.3 is 5.97 Å². The van der Waals surface area contributed by atoms with Crippen molar-refractivity contribution in [2.75, 3.05) is 6.61 Å². The molecule has 0 bridgehead atoms. The quantitative estimate of drug-likeness (QED) is 0.869. The standard InChI is InChI=1S/C11H13N3O3/c1-3-4-17-10-9-5-8(11(15)16)13-14(9)6-7(2)12-10/h5-6H,3-4H2,1-2H3,(H,15,16). The number of hydrogen-bond acceptors (Lipinski definition) is 4. The van der Waals surface area contributed by atoms with Gasteiger partial charge in [0.25, 0.3) is 0 Å². The van der Waals surface area contributed by atoms with Crippen LogP contribution in [-0.4, -0.2) is 32.3 Å². The molecule has 0 amide bonds. The minimum absolute atomic E-state index is 0.0150. The minimum Gasteiger partial charge on any atom is -0.476 e. The van der Waals surface area contributed by atoms with Gasteiger partial charge in [-0.2, -0.15) is 5.10 Å². The summed E-state index contributed by atoms with van der Waals surface area (Å²) >= 11 is 0. The number of aryl methyl sites for hydroxylation is 1. The lowest BCUT2D eigenvalue weighted by Crippen LogP contribution is -2.02. The van der Waals surface area contributed by atoms with Crippen LogP contribution in [0.3, 0.4) is 0 Å². The van der Waals surface area contributed by atoms with Crippen LogP contribution >= 0.6 is 0 Å². The van der Waals surface area contributed by atoms with Crippen molar-refractivity contribution < 1.29 is 14.6 Å². The van der Waals surface area contributed by atoms with Crippen LogP contribution in [0.1, 0.15) is 29.5 Å². The summed E-state index contributed by atoms with van der Waals surface area (Å²) < 4.78 is 6.96. The Balaban J connectivity index is 2.53. The van der Waals surface area contributed by atoms with Crippen molar-refractivity contribution in [2.45, 2.75) is 20.3 Å². The Kier molecular flexibility index (Phi) is 2.95. The zero-order valence-electron chi connectivity index (χ0n) is 9.67. The normalized spacial score (nSPS) is 10.7. The number of aromatic nitrogens is 3. The third-order valence-electron chi connectivity index (χ3n) is 2.20. The Labute approximate surface area is 97.9 Å². The number of carboxylic acids is 1. The van der Waals surface area contributed by atoms with Crippen molar-refractivity contribution in [1.82, 2.24) is 14.6 Å². The summed E-state index contributed by atoms with van der Waals surface area (Å²) in [5, 5.41) is 12.8. The van der Waals surface area contributed by atoms with Crippen molar-refractivity contribution in [3.05, 3.63) is 23.7 Å². The van der Waals surface area contributed by atoms with Crippen molar-refractivity contribution in [1.29, 1.82) is 0 Å². The van der Waals surface area contributed by atoms with E-state index < -0.39 is 5.97 Å². The summed E-state index contributed by atoms with van der Waals surface area (Å²) in [4.78, 5) is 15.1. The molecule has 1 N–H and O–H groups in total. The fourth-order valence-corrected chi connectivity index (χ4v) is 1.49. The summed E-state index contributed by atoms with van der Waals surface area (Å²) in [5.74, 6) is -0.639. The van der Waals surface area contributed by atoms with Crippen molar-refractivity contribution in [3.8, 4) is 5.88 Å². The molecular weight excluding hydrogens is 222 g/mol. The predicted octanol–water partition coefficient (Wildman–Crippen LogP) is 1.52. The molecule has 0 aliphatic heterocycles. The van der Waals surface area contributed by atoms with Gasteiger partial charge in [-0.3, -0.25) is 0 Å². The van der Waals surface area contributed by atoms with Gasteiger partial charge < -0.3 is 9.84 Å². The van der Waals surface area contributed by atoms with Gasteiger partial charge in [0.1, 0.15) is 5.52 Å². The van der Waals surface area contributed by atoms with E-state index in [1.165, 1.54) is 10.6 Å². The number of carboxylic acid groups (broad SMARTS) is 1. The maximum atomic E-state index is 10.8. The van der Waals surface area contributed by atoms with Crippen LogP contribution in [0.5, 0.6) is 5.88 Å². The summed E-state index contributed by atoms with van der Waals surface area (Å²) in [5.41, 5.74) is 1.28. The molecule has 2 aromatic rings. The average molecular weight is 235 g/mol. The van der Waals surface area contributed by atoms with Crippen LogP contribution in [0, 0.1) is 6.92 Å². The number of ether oxygens (including phenoxy) is 1. The van der Waals surface area contributed by atoms with E-state index in [4.69, 9.17) is 9.84 Å². The Morgan fingerprint density at radius 1 is 1.59 bits per heavy atom. The molecule has 0 saturated carbocycles. The van der Waals surface area contributed by atoms with Crippen LogP contribution in [-0.2, 0) is 0 Å². The molecule has 17 heavy (non-hydrogen) atoms. The van der Waals surface area contributed by atoms with Crippen molar-refractivity contribution in [2.24, 2.45) is 0 Å². The van der Waals surface area contributed by atoms with Crippen molar-refractivity contribution in [3.63, 3.8) is 0 Å². The van der Waals surface area contributed by atoms with Crippen LogP contribution in [0.2, 0.25) is 0 Å². The molecule has 2 heterocycles. The van der Waals surface area contributed by atoms with Gasteiger partial charge in [-0.1, -0.05) is 6.92 Å². The number of hydrogen-bond donors (Lipinski definition) is 1. The Hall–Kier alpha value is -2.11. The predicted molar refractivity (Wildman–Crippen MR) is 60.5 cm³/mol. The molecule has 0 radical (unpaired) electrons. The molecule has 0 atom stereocenters. The lowest BCUT2D eigenvalue weighted by atomic mass is 10.4. The van der Waals surface area contributed by atoms with Gasteiger partial charge in [0, 0.05) is 6.07 Å². The van der Waals surface area contributed by atoms with E-state index in [1.54, 1.807) is 13.1 Å². The minimum atomic E-state index is -1.06. The fourth-order valence-electron chi connectivity index (χ4n) is 1.49. The molecule has 6 heteroatoms. The first-order valence-corrected chi connectivity index (χ1v) is 5.35. The van der Waals surface area contributed by atoms with E-state index >= 15 is 0 Å². The Morgan fingerprint density at radius 2 is 2.35 bits per heavy atom. The molecule has 0 fully saturated rings. The highest BCUT2D eigenvalue weighted by Gasteiger charge is 2.13. The molecule has 6 nitrogen and oxygen atoms in total. The van der Waals surface area contributed by atoms with E-state index in [-0.39, 0.29) is 5.69 Å². The zero-order chi connectivity index (χ0) is 12.4. The average Bonchev–Trinajstić information content (AvgIpc) is 2.69. The molecular formula is C11H13N3O3. The monoisotopic (exact) mass is 235 g/mol. The number of carbonyl (C=O) groups is 1. The molecule has 0 aliphatic rings. The third-order valence-corrected chi connectivity index (χ3v) is 2.20. The maximum Gasteiger partial charge on any atom is 0.356 e. The number of rotatable bonds is 4. The molecule has 0 unspecified atom stereocenters. The highest BCUT2D eigenvalue weighted by Crippen LogP contribution is 2.19. The Bertz CT molecular complexity index is 562. The van der Waals surface area contributed by atoms with E-state index in [9.17, 15) is 4.79 Å². The van der Waals surface area contributed by atoms with Crippen LogP contribution in [0.25, 0.3) is 5.52 Å². The van der Waals surface area contributed by atoms with E-state index in [0.717, 1.165) is 12.1 Å². The molecule has 0 aliphatic carbocycles. The SMILES string of the molecule is CCCOc1nc(C)cn2nc(C(=O)O)cc12. The largest absolute Gasteiger partial charge is 0.476 e. The summed E-state index contributed by atoms with van der Waals surface area (Å²) in [6.07, 6.45) is 2.53. The molecule has 90 valence electrons. The first-order chi connectivity index (χ1) is 8.11. The Morgan fingerprint density at radius 3 is 3.00 bits per heavy atom. The highest BCUT2D eigenvalue weighted by atomic mass is 16.5. The first kappa shape index (κ1) is 11.4. The molecule has 0 spiro atoms. The van der Waals surface area contributed by atoms with Gasteiger partial charge in [0.15, 0.2) is 5.69 Å². The smallest absolute Gasteiger partial charge is 0.356 e. The highest BCUT2D eigenvalue weighted by molar-refractivity contribution is 5.87. The van der Waals surface area contributed by atoms with Crippen LogP contribution in [0.15, 0.2) is 12.3 Å². The second kappa shape index (κ2) is 4.40. The second-order valence-electron chi connectivity index (χ2n) is 3.70. The van der Waals surface area contributed by atoms with Gasteiger partial charge in [0.2, 0.25) is 5.88 Å². The van der Waals surface area contributed by atoms with Gasteiger partial charge in [-0.05, 0) is 13.3 Å². The fraction of sp³-hybridized carbons (Fsp3) is 0.364. The van der Waals surface area contributed by atoms with Crippen LogP contribution < -0.4 is 4.74 Å². The summed E-state index contributed by atoms with van der Waals surface area (Å²) in [6, 6.07) is 1.46. The van der Waals surface area contributed by atoms with E-state index in [0.29, 0.717) is 18.0 Å².